The van der Waals surface area contributed by atoms with Crippen molar-refractivity contribution in [3.63, 3.8) is 0 Å². The van der Waals surface area contributed by atoms with E-state index in [0.717, 1.165) is 6.07 Å². The van der Waals surface area contributed by atoms with Crippen molar-refractivity contribution in [1.29, 1.82) is 0 Å². The van der Waals surface area contributed by atoms with Crippen molar-refractivity contribution >= 4 is 23.0 Å². The van der Waals surface area contributed by atoms with Crippen molar-refractivity contribution in [3.05, 3.63) is 17.2 Å². The molecule has 7 heteroatoms. The Balaban J connectivity index is 3.09. The van der Waals surface area contributed by atoms with Crippen LogP contribution in [-0.2, 0) is 0 Å². The summed E-state index contributed by atoms with van der Waals surface area (Å²) >= 11 is 5.47. The quantitative estimate of drug-likeness (QED) is 0.723. The molecule has 0 aliphatic carbocycles. The molecule has 0 amide bonds. The third-order valence-electron chi connectivity index (χ3n) is 1.36. The van der Waals surface area contributed by atoms with Crippen LogP contribution < -0.4 is 16.2 Å². The van der Waals surface area contributed by atoms with Crippen LogP contribution in [0.3, 0.4) is 0 Å². The molecule has 1 rings (SSSR count). The molecule has 0 spiro atoms. The molecule has 0 aromatic heterocycles. The first kappa shape index (κ1) is 10.8. The maximum atomic E-state index is 11.8. The maximum absolute atomic E-state index is 11.8. The molecule has 78 valence electrons. The van der Waals surface area contributed by atoms with Gasteiger partial charge in [-0.1, -0.05) is 11.6 Å². The molecule has 0 radical (unpaired) electrons. The molecule has 4 N–H and O–H groups in total. The summed E-state index contributed by atoms with van der Waals surface area (Å²) < 4.78 is 39.1. The van der Waals surface area contributed by atoms with Gasteiger partial charge >= 0.3 is 6.36 Å². The SMILES string of the molecule is Nc1cc(Cl)cc(OC(F)(F)F)c1N. The lowest BCUT2D eigenvalue weighted by molar-refractivity contribution is -0.274. The summed E-state index contributed by atoms with van der Waals surface area (Å²) in [6.07, 6.45) is -4.81. The first-order chi connectivity index (χ1) is 6.29. The van der Waals surface area contributed by atoms with Crippen molar-refractivity contribution in [3.8, 4) is 5.75 Å². The summed E-state index contributed by atoms with van der Waals surface area (Å²) in [4.78, 5) is 0. The van der Waals surface area contributed by atoms with Crippen LogP contribution in [0.25, 0.3) is 0 Å². The smallest absolute Gasteiger partial charge is 0.403 e. The molecule has 1 aromatic rings. The van der Waals surface area contributed by atoms with Gasteiger partial charge in [-0.3, -0.25) is 0 Å². The van der Waals surface area contributed by atoms with Crippen molar-refractivity contribution in [2.24, 2.45) is 0 Å². The molecule has 0 aliphatic heterocycles. The van der Waals surface area contributed by atoms with Gasteiger partial charge in [0.25, 0.3) is 0 Å². The molecular formula is C7H6ClF3N2O. The number of anilines is 2. The first-order valence-corrected chi connectivity index (χ1v) is 3.77. The lowest BCUT2D eigenvalue weighted by atomic mass is 10.2. The summed E-state index contributed by atoms with van der Waals surface area (Å²) in [5.74, 6) is -0.595. The Hall–Kier alpha value is -1.30. The van der Waals surface area contributed by atoms with Crippen LogP contribution in [0.5, 0.6) is 5.75 Å². The number of rotatable bonds is 1. The summed E-state index contributed by atoms with van der Waals surface area (Å²) in [5.41, 5.74) is 10.2. The molecule has 14 heavy (non-hydrogen) atoms. The number of hydrogen-bond donors (Lipinski definition) is 2. The highest BCUT2D eigenvalue weighted by atomic mass is 35.5. The second-order valence-corrected chi connectivity index (χ2v) is 2.89. The van der Waals surface area contributed by atoms with Crippen LogP contribution in [0.15, 0.2) is 12.1 Å². The van der Waals surface area contributed by atoms with Gasteiger partial charge in [-0.15, -0.1) is 13.2 Å². The fourth-order valence-corrected chi connectivity index (χ4v) is 1.04. The zero-order valence-electron chi connectivity index (χ0n) is 6.73. The topological polar surface area (TPSA) is 61.3 Å². The van der Waals surface area contributed by atoms with E-state index in [1.165, 1.54) is 6.07 Å². The van der Waals surface area contributed by atoms with Gasteiger partial charge in [0.2, 0.25) is 0 Å². The van der Waals surface area contributed by atoms with E-state index in [9.17, 15) is 13.2 Å². The predicted molar refractivity (Wildman–Crippen MR) is 47.0 cm³/mol. The van der Waals surface area contributed by atoms with Crippen LogP contribution in [-0.4, -0.2) is 6.36 Å². The Kier molecular flexibility index (Phi) is 2.66. The molecule has 0 heterocycles. The fourth-order valence-electron chi connectivity index (χ4n) is 0.822. The molecule has 1 aromatic carbocycles. The highest BCUT2D eigenvalue weighted by Gasteiger charge is 2.32. The van der Waals surface area contributed by atoms with E-state index in [0.29, 0.717) is 0 Å². The van der Waals surface area contributed by atoms with E-state index in [1.54, 1.807) is 0 Å². The number of alkyl halides is 3. The average molecular weight is 227 g/mol. The standard InChI is InChI=1S/C7H6ClF3N2O/c8-3-1-4(12)6(13)5(2-3)14-7(9,10)11/h1-2H,12-13H2. The normalized spacial score (nSPS) is 11.4. The Labute approximate surface area is 82.4 Å². The average Bonchev–Trinajstić information content (AvgIpc) is 1.96. The van der Waals surface area contributed by atoms with E-state index >= 15 is 0 Å². The number of nitrogen functional groups attached to an aromatic ring is 2. The van der Waals surface area contributed by atoms with Gasteiger partial charge < -0.3 is 16.2 Å². The van der Waals surface area contributed by atoms with Crippen molar-refractivity contribution in [2.75, 3.05) is 11.5 Å². The Morgan fingerprint density at radius 2 is 1.79 bits per heavy atom. The molecule has 0 bridgehead atoms. The lowest BCUT2D eigenvalue weighted by Gasteiger charge is -2.12. The van der Waals surface area contributed by atoms with Crippen molar-refractivity contribution in [2.45, 2.75) is 6.36 Å². The maximum Gasteiger partial charge on any atom is 0.573 e. The zero-order valence-corrected chi connectivity index (χ0v) is 7.49. The minimum atomic E-state index is -4.81. The number of halogens is 4. The van der Waals surface area contributed by atoms with Gasteiger partial charge in [0, 0.05) is 11.1 Å². The summed E-state index contributed by atoms with van der Waals surface area (Å²) in [6.45, 7) is 0. The van der Waals surface area contributed by atoms with Gasteiger partial charge in [-0.2, -0.15) is 0 Å². The third kappa shape index (κ3) is 2.59. The Bertz CT molecular complexity index is 354. The number of benzene rings is 1. The molecule has 0 aliphatic rings. The molecule has 0 saturated heterocycles. The van der Waals surface area contributed by atoms with Gasteiger partial charge in [0.1, 0.15) is 0 Å². The predicted octanol–water partition coefficient (Wildman–Crippen LogP) is 2.40. The molecule has 3 nitrogen and oxygen atoms in total. The Morgan fingerprint density at radius 1 is 1.21 bits per heavy atom. The van der Waals surface area contributed by atoms with Crippen LogP contribution in [0.1, 0.15) is 0 Å². The van der Waals surface area contributed by atoms with Gasteiger partial charge in [-0.05, 0) is 6.07 Å². The molecule has 0 atom stereocenters. The van der Waals surface area contributed by atoms with Crippen LogP contribution in [0.2, 0.25) is 5.02 Å². The third-order valence-corrected chi connectivity index (χ3v) is 1.58. The lowest BCUT2D eigenvalue weighted by Crippen LogP contribution is -2.18. The summed E-state index contributed by atoms with van der Waals surface area (Å²) in [7, 11) is 0. The molecule has 0 saturated carbocycles. The van der Waals surface area contributed by atoms with Crippen LogP contribution in [0, 0.1) is 0 Å². The van der Waals surface area contributed by atoms with Crippen molar-refractivity contribution in [1.82, 2.24) is 0 Å². The van der Waals surface area contributed by atoms with E-state index in [-0.39, 0.29) is 16.4 Å². The highest BCUT2D eigenvalue weighted by Crippen LogP contribution is 2.34. The monoisotopic (exact) mass is 226 g/mol. The number of hydrogen-bond acceptors (Lipinski definition) is 3. The van der Waals surface area contributed by atoms with Crippen LogP contribution >= 0.6 is 11.6 Å². The highest BCUT2D eigenvalue weighted by molar-refractivity contribution is 6.31. The summed E-state index contributed by atoms with van der Waals surface area (Å²) in [6, 6.07) is 2.18. The van der Waals surface area contributed by atoms with E-state index < -0.39 is 12.1 Å². The first-order valence-electron chi connectivity index (χ1n) is 3.40. The van der Waals surface area contributed by atoms with Gasteiger partial charge in [0.15, 0.2) is 5.75 Å². The fraction of sp³-hybridized carbons (Fsp3) is 0.143. The Morgan fingerprint density at radius 3 is 2.29 bits per heavy atom. The largest absolute Gasteiger partial charge is 0.573 e. The van der Waals surface area contributed by atoms with Crippen LogP contribution in [0.4, 0.5) is 24.5 Å². The second kappa shape index (κ2) is 3.45. The van der Waals surface area contributed by atoms with E-state index in [2.05, 4.69) is 4.74 Å². The van der Waals surface area contributed by atoms with E-state index in [4.69, 9.17) is 23.1 Å². The minimum absolute atomic E-state index is 0.0240. The van der Waals surface area contributed by atoms with Gasteiger partial charge in [0.05, 0.1) is 11.4 Å². The molecular weight excluding hydrogens is 221 g/mol. The zero-order chi connectivity index (χ0) is 10.9. The molecule has 0 fully saturated rings. The van der Waals surface area contributed by atoms with Crippen molar-refractivity contribution < 1.29 is 17.9 Å². The number of ether oxygens (including phenoxy) is 1. The summed E-state index contributed by atoms with van der Waals surface area (Å²) in [5, 5.41) is 0.0240. The molecule has 0 unspecified atom stereocenters. The second-order valence-electron chi connectivity index (χ2n) is 2.45. The van der Waals surface area contributed by atoms with Gasteiger partial charge in [-0.25, -0.2) is 0 Å². The number of nitrogens with two attached hydrogens (primary N) is 2. The minimum Gasteiger partial charge on any atom is -0.403 e. The van der Waals surface area contributed by atoms with E-state index in [1.807, 2.05) is 0 Å².